The molecule has 0 spiro atoms. The maximum atomic E-state index is 12.5. The van der Waals surface area contributed by atoms with Crippen molar-refractivity contribution in [3.05, 3.63) is 22.4 Å². The molecule has 118 valence electrons. The second kappa shape index (κ2) is 7.92. The van der Waals surface area contributed by atoms with E-state index in [-0.39, 0.29) is 17.9 Å². The summed E-state index contributed by atoms with van der Waals surface area (Å²) in [4.78, 5) is 18.3. The molecule has 0 bridgehead atoms. The van der Waals surface area contributed by atoms with Gasteiger partial charge in [-0.15, -0.1) is 11.3 Å². The highest BCUT2D eigenvalue weighted by atomic mass is 32.1. The molecule has 0 radical (unpaired) electrons. The Bertz CT molecular complexity index is 435. The molecule has 5 heteroatoms. The van der Waals surface area contributed by atoms with Gasteiger partial charge in [0.25, 0.3) is 0 Å². The molecule has 4 nitrogen and oxygen atoms in total. The highest BCUT2D eigenvalue weighted by molar-refractivity contribution is 7.09. The normalized spacial score (nSPS) is 20.0. The van der Waals surface area contributed by atoms with E-state index in [2.05, 4.69) is 36.3 Å². The number of hydrogen-bond donors (Lipinski definition) is 1. The monoisotopic (exact) mass is 309 g/mol. The van der Waals surface area contributed by atoms with Gasteiger partial charge in [-0.1, -0.05) is 26.3 Å². The van der Waals surface area contributed by atoms with E-state index in [1.54, 1.807) is 11.3 Å². The van der Waals surface area contributed by atoms with Crippen LogP contribution in [0, 0.1) is 5.92 Å². The Kier molecular flexibility index (Phi) is 6.21. The first kappa shape index (κ1) is 16.5. The minimum Gasteiger partial charge on any atom is -0.340 e. The van der Waals surface area contributed by atoms with Crippen molar-refractivity contribution >= 4 is 17.2 Å². The zero-order valence-electron chi connectivity index (χ0n) is 13.1. The van der Waals surface area contributed by atoms with Crippen molar-refractivity contribution in [3.8, 4) is 0 Å². The molecule has 2 heterocycles. The molecule has 0 aliphatic carbocycles. The Morgan fingerprint density at radius 1 is 1.38 bits per heavy atom. The van der Waals surface area contributed by atoms with Gasteiger partial charge in [0, 0.05) is 37.6 Å². The third-order valence-electron chi connectivity index (χ3n) is 4.40. The lowest BCUT2D eigenvalue weighted by atomic mass is 9.99. The lowest BCUT2D eigenvalue weighted by Gasteiger charge is -2.27. The van der Waals surface area contributed by atoms with E-state index in [1.165, 1.54) is 4.88 Å². The maximum Gasteiger partial charge on any atom is 0.239 e. The maximum absolute atomic E-state index is 12.5. The number of hydrogen-bond acceptors (Lipinski definition) is 4. The third kappa shape index (κ3) is 4.53. The van der Waals surface area contributed by atoms with Gasteiger partial charge in [-0.25, -0.2) is 0 Å². The van der Waals surface area contributed by atoms with Gasteiger partial charge in [0.05, 0.1) is 6.04 Å². The molecular formula is C16H27N3OS. The number of nitrogens with two attached hydrogens (primary N) is 1. The summed E-state index contributed by atoms with van der Waals surface area (Å²) < 4.78 is 0. The standard InChI is InChI=1S/C16H27N3OS/c1-3-13(2)15(17)16(20)19-8-5-7-18(9-10-19)12-14-6-4-11-21-14/h4,6,11,13,15H,3,5,7-10,12,17H2,1-2H3. The molecule has 1 aliphatic heterocycles. The quantitative estimate of drug-likeness (QED) is 0.907. The number of thiophene rings is 1. The van der Waals surface area contributed by atoms with Crippen LogP contribution >= 0.6 is 11.3 Å². The zero-order chi connectivity index (χ0) is 15.2. The van der Waals surface area contributed by atoms with Gasteiger partial charge in [0.1, 0.15) is 0 Å². The lowest BCUT2D eigenvalue weighted by Crippen LogP contribution is -2.48. The molecular weight excluding hydrogens is 282 g/mol. The van der Waals surface area contributed by atoms with Crippen molar-refractivity contribution in [2.45, 2.75) is 39.3 Å². The van der Waals surface area contributed by atoms with Crippen LogP contribution in [0.25, 0.3) is 0 Å². The SMILES string of the molecule is CCC(C)C(N)C(=O)N1CCCN(Cc2cccs2)CC1. The molecule has 2 atom stereocenters. The smallest absolute Gasteiger partial charge is 0.239 e. The molecule has 0 saturated carbocycles. The van der Waals surface area contributed by atoms with Gasteiger partial charge in [0.2, 0.25) is 5.91 Å². The molecule has 1 fully saturated rings. The third-order valence-corrected chi connectivity index (χ3v) is 5.26. The summed E-state index contributed by atoms with van der Waals surface area (Å²) in [5.41, 5.74) is 6.09. The summed E-state index contributed by atoms with van der Waals surface area (Å²) in [5, 5.41) is 2.12. The summed E-state index contributed by atoms with van der Waals surface area (Å²) in [5.74, 6) is 0.380. The number of amides is 1. The fourth-order valence-corrected chi connectivity index (χ4v) is 3.43. The first-order valence-corrected chi connectivity index (χ1v) is 8.79. The van der Waals surface area contributed by atoms with E-state index >= 15 is 0 Å². The Hall–Kier alpha value is -0.910. The largest absolute Gasteiger partial charge is 0.340 e. The van der Waals surface area contributed by atoms with Crippen LogP contribution in [0.1, 0.15) is 31.6 Å². The summed E-state index contributed by atoms with van der Waals surface area (Å²) in [7, 11) is 0. The van der Waals surface area contributed by atoms with Gasteiger partial charge in [-0.3, -0.25) is 9.69 Å². The highest BCUT2D eigenvalue weighted by Crippen LogP contribution is 2.15. The van der Waals surface area contributed by atoms with Gasteiger partial charge < -0.3 is 10.6 Å². The zero-order valence-corrected chi connectivity index (χ0v) is 13.9. The van der Waals surface area contributed by atoms with Crippen LogP contribution in [0.4, 0.5) is 0 Å². The molecule has 1 aromatic heterocycles. The average Bonchev–Trinajstić information content (AvgIpc) is 2.89. The molecule has 0 aromatic carbocycles. The number of rotatable bonds is 5. The van der Waals surface area contributed by atoms with E-state index in [4.69, 9.17) is 5.73 Å². The van der Waals surface area contributed by atoms with E-state index < -0.39 is 0 Å². The van der Waals surface area contributed by atoms with Crippen molar-refractivity contribution in [2.75, 3.05) is 26.2 Å². The molecule has 1 aromatic rings. The summed E-state index contributed by atoms with van der Waals surface area (Å²) >= 11 is 1.80. The molecule has 1 saturated heterocycles. The fraction of sp³-hybridized carbons (Fsp3) is 0.688. The Morgan fingerprint density at radius 2 is 2.19 bits per heavy atom. The van der Waals surface area contributed by atoms with Crippen LogP contribution in [0.2, 0.25) is 0 Å². The Balaban J connectivity index is 1.86. The van der Waals surface area contributed by atoms with Crippen molar-refractivity contribution in [1.29, 1.82) is 0 Å². The Labute approximate surface area is 131 Å². The van der Waals surface area contributed by atoms with E-state index in [0.717, 1.165) is 45.6 Å². The van der Waals surface area contributed by atoms with Crippen LogP contribution in [-0.4, -0.2) is 47.9 Å². The predicted molar refractivity (Wildman–Crippen MR) is 88.2 cm³/mol. The van der Waals surface area contributed by atoms with Crippen LogP contribution in [0.15, 0.2) is 17.5 Å². The van der Waals surface area contributed by atoms with Crippen molar-refractivity contribution in [3.63, 3.8) is 0 Å². The van der Waals surface area contributed by atoms with Gasteiger partial charge >= 0.3 is 0 Å². The fourth-order valence-electron chi connectivity index (χ4n) is 2.68. The first-order chi connectivity index (χ1) is 10.1. The molecule has 1 aliphatic rings. The van der Waals surface area contributed by atoms with Crippen molar-refractivity contribution in [1.82, 2.24) is 9.80 Å². The first-order valence-electron chi connectivity index (χ1n) is 7.91. The van der Waals surface area contributed by atoms with Crippen LogP contribution in [0.5, 0.6) is 0 Å². The number of carbonyl (C=O) groups excluding carboxylic acids is 1. The second-order valence-corrected chi connectivity index (χ2v) is 6.98. The molecule has 1 amide bonds. The minimum atomic E-state index is -0.348. The van der Waals surface area contributed by atoms with Gasteiger partial charge in [0.15, 0.2) is 0 Å². The number of nitrogens with zero attached hydrogens (tertiary/aromatic N) is 2. The lowest BCUT2D eigenvalue weighted by molar-refractivity contribution is -0.133. The van der Waals surface area contributed by atoms with Crippen molar-refractivity contribution in [2.24, 2.45) is 11.7 Å². The molecule has 2 N–H and O–H groups in total. The van der Waals surface area contributed by atoms with Crippen LogP contribution in [0.3, 0.4) is 0 Å². The predicted octanol–water partition coefficient (Wildman–Crippen LogP) is 2.16. The molecule has 21 heavy (non-hydrogen) atoms. The van der Waals surface area contributed by atoms with Crippen LogP contribution in [-0.2, 0) is 11.3 Å². The topological polar surface area (TPSA) is 49.6 Å². The highest BCUT2D eigenvalue weighted by Gasteiger charge is 2.26. The summed E-state index contributed by atoms with van der Waals surface area (Å²) in [6.45, 7) is 8.78. The molecule has 2 rings (SSSR count). The van der Waals surface area contributed by atoms with Gasteiger partial charge in [-0.05, 0) is 23.8 Å². The van der Waals surface area contributed by atoms with Crippen molar-refractivity contribution < 1.29 is 4.79 Å². The number of carbonyl (C=O) groups is 1. The molecule has 2 unspecified atom stereocenters. The van der Waals surface area contributed by atoms with E-state index in [9.17, 15) is 4.79 Å². The second-order valence-electron chi connectivity index (χ2n) is 5.95. The van der Waals surface area contributed by atoms with E-state index in [0.29, 0.717) is 0 Å². The summed E-state index contributed by atoms with van der Waals surface area (Å²) in [6, 6.07) is 3.93. The van der Waals surface area contributed by atoms with Crippen LogP contribution < -0.4 is 5.73 Å². The Morgan fingerprint density at radius 3 is 2.86 bits per heavy atom. The average molecular weight is 309 g/mol. The van der Waals surface area contributed by atoms with E-state index in [1.807, 2.05) is 4.90 Å². The minimum absolute atomic E-state index is 0.127. The van der Waals surface area contributed by atoms with Gasteiger partial charge in [-0.2, -0.15) is 0 Å². The summed E-state index contributed by atoms with van der Waals surface area (Å²) in [6.07, 6.45) is 1.98.